The lowest BCUT2D eigenvalue weighted by atomic mass is 9.93. The van der Waals surface area contributed by atoms with E-state index in [-0.39, 0.29) is 5.69 Å². The average Bonchev–Trinajstić information content (AvgIpc) is 2.58. The van der Waals surface area contributed by atoms with Crippen LogP contribution in [0.1, 0.15) is 23.1 Å². The van der Waals surface area contributed by atoms with Crippen LogP contribution in [-0.2, 0) is 4.74 Å². The Hall–Kier alpha value is -0.900. The number of aliphatic hydroxyl groups is 3. The van der Waals surface area contributed by atoms with Crippen molar-refractivity contribution in [3.63, 3.8) is 0 Å². The van der Waals surface area contributed by atoms with E-state index < -0.39 is 47.2 Å². The quantitative estimate of drug-likeness (QED) is 0.534. The van der Waals surface area contributed by atoms with E-state index in [4.69, 9.17) is 16.3 Å². The van der Waals surface area contributed by atoms with Crippen molar-refractivity contribution < 1.29 is 24.9 Å². The van der Waals surface area contributed by atoms with Gasteiger partial charge in [-0.3, -0.25) is 4.79 Å². The Balaban J connectivity index is 2.20. The second kappa shape index (κ2) is 8.66. The molecule has 1 aliphatic heterocycles. The maximum Gasteiger partial charge on any atom is 0.270 e. The molecule has 7 atom stereocenters. The van der Waals surface area contributed by atoms with Crippen molar-refractivity contribution in [2.45, 2.75) is 55.1 Å². The zero-order valence-corrected chi connectivity index (χ0v) is 15.7. The van der Waals surface area contributed by atoms with Gasteiger partial charge in [0, 0.05) is 5.69 Å². The summed E-state index contributed by atoms with van der Waals surface area (Å²) in [5.74, 6) is -0.460. The molecule has 7 nitrogen and oxygen atoms in total. The summed E-state index contributed by atoms with van der Waals surface area (Å²) < 4.78 is 5.70. The first-order valence-corrected chi connectivity index (χ1v) is 9.59. The fourth-order valence-corrected chi connectivity index (χ4v) is 3.60. The summed E-state index contributed by atoms with van der Waals surface area (Å²) in [5.41, 5.74) is 0.169. The predicted octanol–water partition coefficient (Wildman–Crippen LogP) is 0.286. The van der Waals surface area contributed by atoms with Crippen LogP contribution in [-0.4, -0.2) is 73.7 Å². The van der Waals surface area contributed by atoms with E-state index >= 15 is 0 Å². The summed E-state index contributed by atoms with van der Waals surface area (Å²) in [4.78, 5) is 16.6. The molecule has 0 radical (unpaired) electrons. The number of aliphatic hydroxyl groups excluding tert-OH is 3. The zero-order valence-electron chi connectivity index (χ0n) is 14.2. The highest BCUT2D eigenvalue weighted by molar-refractivity contribution is 7.99. The van der Waals surface area contributed by atoms with E-state index in [1.165, 1.54) is 11.8 Å². The Morgan fingerprint density at radius 1 is 1.32 bits per heavy atom. The van der Waals surface area contributed by atoms with Crippen LogP contribution >= 0.6 is 23.4 Å². The van der Waals surface area contributed by atoms with Gasteiger partial charge in [0.15, 0.2) is 0 Å². The number of hydrogen-bond donors (Lipinski definition) is 4. The number of carbonyl (C=O) groups excluding carboxylic acids is 1. The van der Waals surface area contributed by atoms with Crippen molar-refractivity contribution in [2.24, 2.45) is 0 Å². The van der Waals surface area contributed by atoms with Gasteiger partial charge in [-0.1, -0.05) is 6.07 Å². The van der Waals surface area contributed by atoms with Crippen LogP contribution in [0.2, 0.25) is 0 Å². The number of alkyl halides is 1. The van der Waals surface area contributed by atoms with Crippen LogP contribution in [0.3, 0.4) is 0 Å². The van der Waals surface area contributed by atoms with Gasteiger partial charge < -0.3 is 25.4 Å². The van der Waals surface area contributed by atoms with Crippen molar-refractivity contribution in [1.29, 1.82) is 0 Å². The molecule has 140 valence electrons. The van der Waals surface area contributed by atoms with Crippen LogP contribution in [0.25, 0.3) is 0 Å². The minimum absolute atomic E-state index is 0.217. The summed E-state index contributed by atoms with van der Waals surface area (Å²) in [6.45, 7) is 3.42. The Bertz CT molecular complexity index is 604. The number of carbonyl (C=O) groups is 1. The fraction of sp³-hybridized carbons (Fsp3) is 0.625. The van der Waals surface area contributed by atoms with E-state index in [0.717, 1.165) is 0 Å². The molecule has 25 heavy (non-hydrogen) atoms. The molecule has 7 unspecified atom stereocenters. The van der Waals surface area contributed by atoms with E-state index in [1.807, 2.05) is 0 Å². The van der Waals surface area contributed by atoms with Crippen LogP contribution in [0, 0.1) is 6.92 Å². The molecule has 1 fully saturated rings. The van der Waals surface area contributed by atoms with Gasteiger partial charge in [0.1, 0.15) is 35.5 Å². The number of pyridine rings is 1. The molecule has 9 heteroatoms. The Morgan fingerprint density at radius 3 is 2.56 bits per heavy atom. The molecular weight excluding hydrogens is 368 g/mol. The first-order chi connectivity index (χ1) is 11.8. The molecule has 4 N–H and O–H groups in total. The SMILES string of the molecule is CSC1OC(C(NC(=O)c2cccc(C)n2)C(C)Cl)C(O)C(O)C1O. The number of amides is 1. The van der Waals surface area contributed by atoms with E-state index in [1.54, 1.807) is 38.3 Å². The minimum atomic E-state index is -1.40. The normalized spacial score (nSPS) is 32.0. The van der Waals surface area contributed by atoms with Gasteiger partial charge in [-0.2, -0.15) is 0 Å². The summed E-state index contributed by atoms with van der Waals surface area (Å²) in [7, 11) is 0. The third kappa shape index (κ3) is 4.64. The topological polar surface area (TPSA) is 112 Å². The first-order valence-electron chi connectivity index (χ1n) is 7.87. The number of rotatable bonds is 5. The highest BCUT2D eigenvalue weighted by Crippen LogP contribution is 2.30. The molecule has 1 saturated heterocycles. The zero-order chi connectivity index (χ0) is 18.7. The molecule has 1 aromatic rings. The Labute approximate surface area is 155 Å². The molecule has 2 heterocycles. The van der Waals surface area contributed by atoms with Crippen molar-refractivity contribution in [3.05, 3.63) is 29.6 Å². The highest BCUT2D eigenvalue weighted by atomic mass is 35.5. The molecule has 2 rings (SSSR count). The van der Waals surface area contributed by atoms with Crippen LogP contribution in [0.4, 0.5) is 0 Å². The third-order valence-electron chi connectivity index (χ3n) is 4.11. The van der Waals surface area contributed by atoms with Crippen LogP contribution in [0.5, 0.6) is 0 Å². The van der Waals surface area contributed by atoms with E-state index in [9.17, 15) is 20.1 Å². The fourth-order valence-electron chi connectivity index (χ4n) is 2.72. The number of aromatic nitrogens is 1. The highest BCUT2D eigenvalue weighted by Gasteiger charge is 2.47. The van der Waals surface area contributed by atoms with Gasteiger partial charge in [-0.15, -0.1) is 23.4 Å². The number of aryl methyl sites for hydroxylation is 1. The van der Waals surface area contributed by atoms with Gasteiger partial charge in [0.2, 0.25) is 0 Å². The van der Waals surface area contributed by atoms with Crippen molar-refractivity contribution in [2.75, 3.05) is 6.26 Å². The minimum Gasteiger partial charge on any atom is -0.388 e. The van der Waals surface area contributed by atoms with Crippen LogP contribution in [0.15, 0.2) is 18.2 Å². The molecule has 0 spiro atoms. The maximum atomic E-state index is 12.5. The second-order valence-corrected chi connectivity index (χ2v) is 7.64. The molecule has 0 aliphatic carbocycles. The monoisotopic (exact) mass is 390 g/mol. The number of halogens is 1. The van der Waals surface area contributed by atoms with Crippen molar-refractivity contribution >= 4 is 29.3 Å². The lowest BCUT2D eigenvalue weighted by Gasteiger charge is -2.43. The predicted molar refractivity (Wildman–Crippen MR) is 95.7 cm³/mol. The lowest BCUT2D eigenvalue weighted by Crippen LogP contribution is -2.64. The number of nitrogens with zero attached hydrogens (tertiary/aromatic N) is 1. The second-order valence-electron chi connectivity index (χ2n) is 6.02. The molecule has 1 aliphatic rings. The summed E-state index contributed by atoms with van der Waals surface area (Å²) in [6, 6.07) is 4.27. The van der Waals surface area contributed by atoms with Gasteiger partial charge in [0.25, 0.3) is 5.91 Å². The molecule has 1 aromatic heterocycles. The standard InChI is InChI=1S/C16H23ClN2O5S/c1-7-5-4-6-9(18-7)15(23)19-10(8(2)17)14-12(21)11(20)13(22)16(24-14)25-3/h4-6,8,10-14,16,20-22H,1-3H3,(H,19,23). The van der Waals surface area contributed by atoms with Gasteiger partial charge in [-0.25, -0.2) is 4.98 Å². The summed E-state index contributed by atoms with van der Waals surface area (Å²) in [6.07, 6.45) is -3.29. The number of ether oxygens (including phenoxy) is 1. The Kier molecular flexibility index (Phi) is 7.07. The van der Waals surface area contributed by atoms with Gasteiger partial charge >= 0.3 is 0 Å². The van der Waals surface area contributed by atoms with E-state index in [2.05, 4.69) is 10.3 Å². The molecule has 0 saturated carbocycles. The summed E-state index contributed by atoms with van der Waals surface area (Å²) >= 11 is 7.40. The largest absolute Gasteiger partial charge is 0.388 e. The van der Waals surface area contributed by atoms with Gasteiger partial charge in [-0.05, 0) is 32.2 Å². The molecule has 0 bridgehead atoms. The first kappa shape index (κ1) is 20.4. The van der Waals surface area contributed by atoms with Crippen molar-refractivity contribution in [3.8, 4) is 0 Å². The molecule has 0 aromatic carbocycles. The van der Waals surface area contributed by atoms with Crippen molar-refractivity contribution in [1.82, 2.24) is 10.3 Å². The third-order valence-corrected chi connectivity index (χ3v) is 5.23. The van der Waals surface area contributed by atoms with E-state index in [0.29, 0.717) is 5.69 Å². The summed E-state index contributed by atoms with van der Waals surface area (Å²) in [5, 5.41) is 32.4. The number of nitrogens with one attached hydrogen (secondary N) is 1. The smallest absolute Gasteiger partial charge is 0.270 e. The van der Waals surface area contributed by atoms with Crippen LogP contribution < -0.4 is 5.32 Å². The number of thioether (sulfide) groups is 1. The number of hydrogen-bond acceptors (Lipinski definition) is 7. The van der Waals surface area contributed by atoms with Gasteiger partial charge in [0.05, 0.1) is 11.4 Å². The lowest BCUT2D eigenvalue weighted by molar-refractivity contribution is -0.204. The molecule has 1 amide bonds. The maximum absolute atomic E-state index is 12.5. The Morgan fingerprint density at radius 2 is 2.00 bits per heavy atom. The molecular formula is C16H23ClN2O5S. The average molecular weight is 391 g/mol.